The highest BCUT2D eigenvalue weighted by Gasteiger charge is 2.55. The average molecular weight is 548 g/mol. The van der Waals surface area contributed by atoms with Gasteiger partial charge in [-0.25, -0.2) is 9.59 Å². The predicted molar refractivity (Wildman–Crippen MR) is 138 cm³/mol. The smallest absolute Gasteiger partial charge is 0.315 e. The maximum Gasteiger partial charge on any atom is 0.347 e. The minimum absolute atomic E-state index is 0.248. The summed E-state index contributed by atoms with van der Waals surface area (Å²) in [4.78, 5) is 29.6. The molecule has 1 saturated heterocycles. The lowest BCUT2D eigenvalue weighted by molar-refractivity contribution is -0.0949. The molecule has 2 aromatic carbocycles. The topological polar surface area (TPSA) is 76.1 Å². The van der Waals surface area contributed by atoms with Gasteiger partial charge in [0.15, 0.2) is 6.17 Å². The van der Waals surface area contributed by atoms with Gasteiger partial charge in [-0.3, -0.25) is 10.1 Å². The fourth-order valence-corrected chi connectivity index (χ4v) is 4.59. The molecule has 0 unspecified atom stereocenters. The fourth-order valence-electron chi connectivity index (χ4n) is 4.00. The van der Waals surface area contributed by atoms with E-state index in [4.69, 9.17) is 46.4 Å². The predicted octanol–water partition coefficient (Wildman–Crippen LogP) is 7.76. The summed E-state index contributed by atoms with van der Waals surface area (Å²) in [5, 5.41) is 15.3. The number of nitrogens with one attached hydrogen (secondary N) is 1. The van der Waals surface area contributed by atoms with Gasteiger partial charge in [0.1, 0.15) is 0 Å². The maximum atomic E-state index is 13.6. The first-order valence-electron chi connectivity index (χ1n) is 10.8. The standard InChI is InChI=1S/C23H26Cl4N4O3/c1-4-5-6-11-29-22(33)30(15-8-10-17(25)19(27)13-15)20(23(29,2)3)31(34)21(32)28-14-7-9-16(24)18(26)12-14/h7-10,12-13,20,34H,4-6,11H2,1-3H3,(H,28,32)/t20-/m0/s1. The molecule has 1 aliphatic rings. The molecule has 11 heteroatoms. The molecule has 0 bridgehead atoms. The summed E-state index contributed by atoms with van der Waals surface area (Å²) in [5.74, 6) is 0. The van der Waals surface area contributed by atoms with Crippen LogP contribution in [-0.4, -0.2) is 45.5 Å². The Balaban J connectivity index is 1.97. The van der Waals surface area contributed by atoms with Gasteiger partial charge in [0.25, 0.3) is 0 Å². The average Bonchev–Trinajstić information content (AvgIpc) is 2.97. The van der Waals surface area contributed by atoms with E-state index in [0.29, 0.717) is 33.0 Å². The molecule has 3 rings (SSSR count). The normalized spacial score (nSPS) is 17.3. The van der Waals surface area contributed by atoms with E-state index in [9.17, 15) is 14.8 Å². The van der Waals surface area contributed by atoms with E-state index >= 15 is 0 Å². The number of hydroxylamine groups is 2. The van der Waals surface area contributed by atoms with Crippen LogP contribution in [0.2, 0.25) is 20.1 Å². The number of urea groups is 2. The van der Waals surface area contributed by atoms with E-state index in [1.165, 1.54) is 23.1 Å². The number of carbonyl (C=O) groups excluding carboxylic acids is 2. The van der Waals surface area contributed by atoms with Crippen molar-refractivity contribution in [3.8, 4) is 0 Å². The van der Waals surface area contributed by atoms with E-state index in [2.05, 4.69) is 12.2 Å². The molecule has 0 aromatic heterocycles. The number of benzene rings is 2. The zero-order valence-corrected chi connectivity index (χ0v) is 22.0. The lowest BCUT2D eigenvalue weighted by Crippen LogP contribution is -2.58. The van der Waals surface area contributed by atoms with Crippen LogP contribution in [-0.2, 0) is 0 Å². The SMILES string of the molecule is CCCCCN1C(=O)N(c2ccc(Cl)c(Cl)c2)[C@@H](N(O)C(=O)Nc2ccc(Cl)c(Cl)c2)C1(C)C. The minimum atomic E-state index is -1.07. The van der Waals surface area contributed by atoms with E-state index in [0.717, 1.165) is 19.3 Å². The second-order valence-electron chi connectivity index (χ2n) is 8.54. The molecule has 7 nitrogen and oxygen atoms in total. The molecule has 0 aliphatic carbocycles. The van der Waals surface area contributed by atoms with E-state index in [1.807, 2.05) is 0 Å². The molecule has 1 aliphatic heterocycles. The van der Waals surface area contributed by atoms with E-state index in [1.54, 1.807) is 36.9 Å². The van der Waals surface area contributed by atoms with Crippen molar-refractivity contribution in [2.75, 3.05) is 16.8 Å². The van der Waals surface area contributed by atoms with Gasteiger partial charge in [0, 0.05) is 17.9 Å². The van der Waals surface area contributed by atoms with Crippen LogP contribution in [0.1, 0.15) is 40.0 Å². The first kappa shape index (κ1) is 26.7. The fraction of sp³-hybridized carbons (Fsp3) is 0.391. The van der Waals surface area contributed by atoms with Crippen molar-refractivity contribution in [3.05, 3.63) is 56.5 Å². The van der Waals surface area contributed by atoms with Gasteiger partial charge in [-0.15, -0.1) is 0 Å². The van der Waals surface area contributed by atoms with Crippen molar-refractivity contribution in [1.29, 1.82) is 0 Å². The van der Waals surface area contributed by atoms with Crippen LogP contribution in [0.5, 0.6) is 0 Å². The van der Waals surface area contributed by atoms with Crippen LogP contribution in [0.3, 0.4) is 0 Å². The van der Waals surface area contributed by atoms with Crippen LogP contribution >= 0.6 is 46.4 Å². The van der Waals surface area contributed by atoms with Crippen LogP contribution in [0.25, 0.3) is 0 Å². The highest BCUT2D eigenvalue weighted by atomic mass is 35.5. The number of amides is 4. The third kappa shape index (κ3) is 5.34. The molecule has 34 heavy (non-hydrogen) atoms. The highest BCUT2D eigenvalue weighted by molar-refractivity contribution is 6.42. The molecule has 1 fully saturated rings. The Bertz CT molecular complexity index is 1080. The van der Waals surface area contributed by atoms with Gasteiger partial charge in [-0.1, -0.05) is 66.2 Å². The Hall–Kier alpha value is -1.90. The summed E-state index contributed by atoms with van der Waals surface area (Å²) < 4.78 is 0. The number of nitrogens with zero attached hydrogens (tertiary/aromatic N) is 3. The summed E-state index contributed by atoms with van der Waals surface area (Å²) in [5.41, 5.74) is -0.209. The van der Waals surface area contributed by atoms with Crippen LogP contribution in [0.15, 0.2) is 36.4 Å². The molecule has 2 aromatic rings. The molecule has 1 heterocycles. The Morgan fingerprint density at radius 3 is 2.24 bits per heavy atom. The summed E-state index contributed by atoms with van der Waals surface area (Å²) in [6, 6.07) is 8.07. The molecule has 184 valence electrons. The maximum absolute atomic E-state index is 13.6. The quantitative estimate of drug-likeness (QED) is 0.211. The van der Waals surface area contributed by atoms with Gasteiger partial charge in [0.2, 0.25) is 0 Å². The lowest BCUT2D eigenvalue weighted by atomic mass is 9.99. The number of hydrogen-bond donors (Lipinski definition) is 2. The number of halogens is 4. The summed E-state index contributed by atoms with van der Waals surface area (Å²) in [6.45, 7) is 6.14. The van der Waals surface area contributed by atoms with Gasteiger partial charge >= 0.3 is 12.1 Å². The van der Waals surface area contributed by atoms with Gasteiger partial charge in [-0.05, 0) is 56.7 Å². The van der Waals surface area contributed by atoms with Crippen LogP contribution in [0.4, 0.5) is 21.0 Å². The van der Waals surface area contributed by atoms with Gasteiger partial charge in [-0.2, -0.15) is 5.06 Å². The first-order valence-corrected chi connectivity index (χ1v) is 12.3. The van der Waals surface area contributed by atoms with Crippen LogP contribution in [0, 0.1) is 0 Å². The molecular formula is C23H26Cl4N4O3. The molecule has 2 N–H and O–H groups in total. The number of unbranched alkanes of at least 4 members (excludes halogenated alkanes) is 2. The number of carbonyl (C=O) groups is 2. The largest absolute Gasteiger partial charge is 0.347 e. The molecular weight excluding hydrogens is 522 g/mol. The van der Waals surface area contributed by atoms with E-state index in [-0.39, 0.29) is 16.1 Å². The van der Waals surface area contributed by atoms with Crippen molar-refractivity contribution in [2.24, 2.45) is 0 Å². The van der Waals surface area contributed by atoms with Crippen LogP contribution < -0.4 is 10.2 Å². The summed E-state index contributed by atoms with van der Waals surface area (Å²) in [6.07, 6.45) is 1.65. The number of anilines is 2. The molecule has 1 atom stereocenters. The van der Waals surface area contributed by atoms with Crippen molar-refractivity contribution < 1.29 is 14.8 Å². The van der Waals surface area contributed by atoms with Crippen molar-refractivity contribution in [1.82, 2.24) is 9.96 Å². The summed E-state index contributed by atoms with van der Waals surface area (Å²) in [7, 11) is 0. The molecule has 0 radical (unpaired) electrons. The number of rotatable bonds is 7. The van der Waals surface area contributed by atoms with E-state index < -0.39 is 17.7 Å². The summed E-state index contributed by atoms with van der Waals surface area (Å²) >= 11 is 24.3. The third-order valence-corrected chi connectivity index (χ3v) is 7.26. The Labute approximate surface area is 219 Å². The molecule has 0 spiro atoms. The minimum Gasteiger partial charge on any atom is -0.315 e. The Morgan fingerprint density at radius 2 is 1.65 bits per heavy atom. The van der Waals surface area contributed by atoms with Gasteiger partial charge < -0.3 is 10.2 Å². The monoisotopic (exact) mass is 546 g/mol. The zero-order chi connectivity index (χ0) is 25.2. The van der Waals surface area contributed by atoms with Crippen molar-refractivity contribution in [2.45, 2.75) is 51.7 Å². The third-order valence-electron chi connectivity index (χ3n) is 5.79. The zero-order valence-electron chi connectivity index (χ0n) is 19.0. The Kier molecular flexibility index (Phi) is 8.47. The lowest BCUT2D eigenvalue weighted by Gasteiger charge is -2.38. The number of hydrogen-bond acceptors (Lipinski definition) is 3. The van der Waals surface area contributed by atoms with Gasteiger partial charge in [0.05, 0.1) is 25.6 Å². The molecule has 0 saturated carbocycles. The second kappa shape index (κ2) is 10.8. The second-order valence-corrected chi connectivity index (χ2v) is 10.2. The van der Waals surface area contributed by atoms with Crippen molar-refractivity contribution >= 4 is 69.8 Å². The first-order chi connectivity index (χ1) is 16.0. The molecule has 4 amide bonds. The Morgan fingerprint density at radius 1 is 1.03 bits per heavy atom. The highest BCUT2D eigenvalue weighted by Crippen LogP contribution is 2.40. The van der Waals surface area contributed by atoms with Crippen molar-refractivity contribution in [3.63, 3.8) is 0 Å².